The molecule has 1 aromatic carbocycles. The molecule has 0 aliphatic rings. The molecule has 9 heteroatoms. The van der Waals surface area contributed by atoms with Gasteiger partial charge in [0.25, 0.3) is 5.56 Å². The van der Waals surface area contributed by atoms with Crippen molar-refractivity contribution in [3.05, 3.63) is 61.9 Å². The van der Waals surface area contributed by atoms with E-state index in [1.165, 1.54) is 41.2 Å². The zero-order chi connectivity index (χ0) is 19.6. The molecular formula is C18H18FN3O4S. The normalized spacial score (nSPS) is 11.1. The number of carbonyl (C=O) groups excluding carboxylic acids is 1. The molecule has 0 fully saturated rings. The first-order valence-electron chi connectivity index (χ1n) is 8.19. The molecule has 142 valence electrons. The van der Waals surface area contributed by atoms with Gasteiger partial charge in [0.1, 0.15) is 17.1 Å². The third-order valence-electron chi connectivity index (χ3n) is 4.08. The molecule has 0 atom stereocenters. The summed E-state index contributed by atoms with van der Waals surface area (Å²) in [6.45, 7) is 1.97. The van der Waals surface area contributed by atoms with Crippen molar-refractivity contribution in [2.75, 3.05) is 20.3 Å². The number of nitrogens with one attached hydrogen (secondary N) is 1. The van der Waals surface area contributed by atoms with Gasteiger partial charge in [-0.25, -0.2) is 13.8 Å². The predicted octanol–water partition coefficient (Wildman–Crippen LogP) is 1.42. The summed E-state index contributed by atoms with van der Waals surface area (Å²) in [5.41, 5.74) is -0.181. The van der Waals surface area contributed by atoms with Crippen LogP contribution in [0.2, 0.25) is 0 Å². The fourth-order valence-electron chi connectivity index (χ4n) is 2.73. The summed E-state index contributed by atoms with van der Waals surface area (Å²) in [6.07, 6.45) is 0. The van der Waals surface area contributed by atoms with Crippen molar-refractivity contribution < 1.29 is 13.9 Å². The van der Waals surface area contributed by atoms with Crippen LogP contribution in [0.5, 0.6) is 0 Å². The number of aryl methyl sites for hydroxylation is 1. The molecule has 2 aromatic heterocycles. The fourth-order valence-corrected chi connectivity index (χ4v) is 3.55. The third-order valence-corrected chi connectivity index (χ3v) is 4.98. The highest BCUT2D eigenvalue weighted by atomic mass is 32.1. The number of aromatic nitrogens is 2. The Morgan fingerprint density at radius 3 is 2.78 bits per heavy atom. The van der Waals surface area contributed by atoms with E-state index in [4.69, 9.17) is 4.74 Å². The van der Waals surface area contributed by atoms with Gasteiger partial charge in [-0.1, -0.05) is 0 Å². The Kier molecular flexibility index (Phi) is 5.52. The number of halogens is 1. The lowest BCUT2D eigenvalue weighted by Crippen LogP contribution is -2.41. The number of fused-ring (bicyclic) bond motifs is 1. The lowest BCUT2D eigenvalue weighted by molar-refractivity contribution is -0.121. The average molecular weight is 391 g/mol. The minimum atomic E-state index is -0.654. The minimum Gasteiger partial charge on any atom is -0.383 e. The van der Waals surface area contributed by atoms with Gasteiger partial charge in [0, 0.05) is 13.7 Å². The fraction of sp³-hybridized carbons (Fsp3) is 0.278. The van der Waals surface area contributed by atoms with Crippen molar-refractivity contribution >= 4 is 27.5 Å². The molecule has 0 spiro atoms. The Morgan fingerprint density at radius 2 is 2.07 bits per heavy atom. The molecule has 3 rings (SSSR count). The lowest BCUT2D eigenvalue weighted by atomic mass is 10.2. The molecular weight excluding hydrogens is 373 g/mol. The molecule has 3 aromatic rings. The standard InChI is InChI=1S/C18H18FN3O4S/c1-11-9-12(3-4-13(11)19)22-17(24)16-14(5-8-27-16)21(18(22)25)10-15(23)20-6-7-26-2/h3-5,8-9H,6-7,10H2,1-2H3,(H,20,23). The smallest absolute Gasteiger partial charge is 0.336 e. The van der Waals surface area contributed by atoms with Gasteiger partial charge in [-0.05, 0) is 42.1 Å². The number of carbonyl (C=O) groups is 1. The second-order valence-corrected chi connectivity index (χ2v) is 6.84. The molecule has 0 aliphatic heterocycles. The van der Waals surface area contributed by atoms with Crippen molar-refractivity contribution in [2.24, 2.45) is 0 Å². The molecule has 2 heterocycles. The van der Waals surface area contributed by atoms with E-state index in [2.05, 4.69) is 5.32 Å². The van der Waals surface area contributed by atoms with Crippen molar-refractivity contribution in [3.63, 3.8) is 0 Å². The van der Waals surface area contributed by atoms with Crippen LogP contribution < -0.4 is 16.6 Å². The first-order chi connectivity index (χ1) is 12.9. The summed E-state index contributed by atoms with van der Waals surface area (Å²) in [5, 5.41) is 4.33. The van der Waals surface area contributed by atoms with Crippen LogP contribution in [0.3, 0.4) is 0 Å². The molecule has 27 heavy (non-hydrogen) atoms. The molecule has 0 saturated heterocycles. The largest absolute Gasteiger partial charge is 0.383 e. The van der Waals surface area contributed by atoms with Gasteiger partial charge in [-0.15, -0.1) is 11.3 Å². The van der Waals surface area contributed by atoms with E-state index < -0.39 is 17.1 Å². The molecule has 7 nitrogen and oxygen atoms in total. The predicted molar refractivity (Wildman–Crippen MR) is 101 cm³/mol. The molecule has 0 bridgehead atoms. The Labute approximate surface area is 157 Å². The number of hydrogen-bond acceptors (Lipinski definition) is 5. The number of nitrogens with zero attached hydrogens (tertiary/aromatic N) is 2. The molecule has 1 N–H and O–H groups in total. The van der Waals surface area contributed by atoms with E-state index in [-0.39, 0.29) is 18.1 Å². The molecule has 0 unspecified atom stereocenters. The van der Waals surface area contributed by atoms with Crippen LogP contribution >= 0.6 is 11.3 Å². The van der Waals surface area contributed by atoms with E-state index >= 15 is 0 Å². The molecule has 0 radical (unpaired) electrons. The van der Waals surface area contributed by atoms with E-state index in [1.807, 2.05) is 0 Å². The molecule has 1 amide bonds. The number of ether oxygens (including phenoxy) is 1. The summed E-state index contributed by atoms with van der Waals surface area (Å²) in [4.78, 5) is 38.0. The SMILES string of the molecule is COCCNC(=O)Cn1c(=O)n(-c2ccc(F)c(C)c2)c(=O)c2sccc21. The topological polar surface area (TPSA) is 82.3 Å². The van der Waals surface area contributed by atoms with Crippen molar-refractivity contribution in [2.45, 2.75) is 13.5 Å². The van der Waals surface area contributed by atoms with Crippen LogP contribution in [-0.2, 0) is 16.1 Å². The minimum absolute atomic E-state index is 0.240. The van der Waals surface area contributed by atoms with Gasteiger partial charge < -0.3 is 10.1 Å². The maximum absolute atomic E-state index is 13.6. The Balaban J connectivity index is 2.13. The van der Waals surface area contributed by atoms with Crippen LogP contribution in [-0.4, -0.2) is 35.3 Å². The first kappa shape index (κ1) is 19.0. The van der Waals surface area contributed by atoms with Crippen LogP contribution in [0.15, 0.2) is 39.2 Å². The number of rotatable bonds is 6. The van der Waals surface area contributed by atoms with Gasteiger partial charge >= 0.3 is 5.69 Å². The zero-order valence-corrected chi connectivity index (χ0v) is 15.6. The molecule has 0 saturated carbocycles. The number of thiophene rings is 1. The van der Waals surface area contributed by atoms with Crippen LogP contribution in [0.25, 0.3) is 15.9 Å². The highest BCUT2D eigenvalue weighted by Gasteiger charge is 2.18. The summed E-state index contributed by atoms with van der Waals surface area (Å²) in [6, 6.07) is 5.64. The van der Waals surface area contributed by atoms with Crippen LogP contribution in [0, 0.1) is 12.7 Å². The average Bonchev–Trinajstić information content (AvgIpc) is 3.12. The highest BCUT2D eigenvalue weighted by Crippen LogP contribution is 2.17. The Bertz CT molecular complexity index is 1120. The number of hydrogen-bond donors (Lipinski definition) is 1. The second-order valence-electron chi connectivity index (χ2n) is 5.92. The van der Waals surface area contributed by atoms with Gasteiger partial charge in [-0.3, -0.25) is 14.2 Å². The van der Waals surface area contributed by atoms with E-state index in [9.17, 15) is 18.8 Å². The third kappa shape index (κ3) is 3.69. The maximum atomic E-state index is 13.6. The number of amides is 1. The first-order valence-corrected chi connectivity index (χ1v) is 9.07. The number of benzene rings is 1. The van der Waals surface area contributed by atoms with Crippen LogP contribution in [0.1, 0.15) is 5.56 Å². The van der Waals surface area contributed by atoms with Gasteiger partial charge in [-0.2, -0.15) is 0 Å². The van der Waals surface area contributed by atoms with E-state index in [1.54, 1.807) is 18.4 Å². The number of methoxy groups -OCH3 is 1. The highest BCUT2D eigenvalue weighted by molar-refractivity contribution is 7.17. The maximum Gasteiger partial charge on any atom is 0.336 e. The summed E-state index contributed by atoms with van der Waals surface area (Å²) in [7, 11) is 1.52. The summed E-state index contributed by atoms with van der Waals surface area (Å²) in [5.74, 6) is -0.802. The monoisotopic (exact) mass is 391 g/mol. The van der Waals surface area contributed by atoms with E-state index in [0.717, 1.165) is 4.57 Å². The second kappa shape index (κ2) is 7.85. The summed E-state index contributed by atoms with van der Waals surface area (Å²) >= 11 is 1.18. The van der Waals surface area contributed by atoms with Gasteiger partial charge in [0.15, 0.2) is 0 Å². The van der Waals surface area contributed by atoms with Crippen molar-refractivity contribution in [1.82, 2.24) is 14.5 Å². The van der Waals surface area contributed by atoms with Crippen LogP contribution in [0.4, 0.5) is 4.39 Å². The Morgan fingerprint density at radius 1 is 1.30 bits per heavy atom. The van der Waals surface area contributed by atoms with Gasteiger partial charge in [0.05, 0.1) is 17.8 Å². The van der Waals surface area contributed by atoms with Gasteiger partial charge in [0.2, 0.25) is 5.91 Å². The quantitative estimate of drug-likeness (QED) is 0.645. The lowest BCUT2D eigenvalue weighted by Gasteiger charge is -2.13. The van der Waals surface area contributed by atoms with E-state index in [0.29, 0.717) is 28.9 Å². The Hall–Kier alpha value is -2.78. The zero-order valence-electron chi connectivity index (χ0n) is 14.8. The molecule has 0 aliphatic carbocycles. The summed E-state index contributed by atoms with van der Waals surface area (Å²) < 4.78 is 21.0. The van der Waals surface area contributed by atoms with Crippen molar-refractivity contribution in [1.29, 1.82) is 0 Å². The van der Waals surface area contributed by atoms with Crippen molar-refractivity contribution in [3.8, 4) is 5.69 Å².